The van der Waals surface area contributed by atoms with Gasteiger partial charge in [-0.1, -0.05) is 34.6 Å². The fourth-order valence-electron chi connectivity index (χ4n) is 5.39. The summed E-state index contributed by atoms with van der Waals surface area (Å²) in [5, 5.41) is 0. The molecule has 22 heavy (non-hydrogen) atoms. The highest BCUT2D eigenvalue weighted by Gasteiger charge is 2.52. The minimum atomic E-state index is -1.48. The van der Waals surface area contributed by atoms with Crippen LogP contribution in [-0.4, -0.2) is 20.7 Å². The number of hydrogen-bond donors (Lipinski definition) is 0. The van der Waals surface area contributed by atoms with Crippen LogP contribution >= 0.6 is 0 Å². The van der Waals surface area contributed by atoms with Crippen molar-refractivity contribution in [2.45, 2.75) is 84.9 Å². The van der Waals surface area contributed by atoms with Crippen molar-refractivity contribution in [1.29, 1.82) is 0 Å². The number of carbonyl (C=O) groups is 1. The smallest absolute Gasteiger partial charge is 0.191 e. The lowest BCUT2D eigenvalue weighted by atomic mass is 9.62. The molecule has 2 nitrogen and oxygen atoms in total. The third-order valence-corrected chi connectivity index (χ3v) is 11.9. The van der Waals surface area contributed by atoms with E-state index in [1.54, 1.807) is 0 Å². The van der Waals surface area contributed by atoms with Gasteiger partial charge in [0.25, 0.3) is 0 Å². The third kappa shape index (κ3) is 3.21. The lowest BCUT2D eigenvalue weighted by molar-refractivity contribution is -0.130. The Hall–Kier alpha value is -0.153. The van der Waals surface area contributed by atoms with Crippen molar-refractivity contribution in [2.75, 3.05) is 6.61 Å². The maximum atomic E-state index is 12.3. The van der Waals surface area contributed by atoms with E-state index < -0.39 is 8.32 Å². The molecule has 0 aromatic heterocycles. The highest BCUT2D eigenvalue weighted by molar-refractivity contribution is 6.73. The number of ketones is 1. The van der Waals surface area contributed by atoms with Gasteiger partial charge in [-0.15, -0.1) is 0 Å². The molecule has 3 unspecified atom stereocenters. The molecule has 2 saturated carbocycles. The molecule has 0 spiro atoms. The molecule has 2 fully saturated rings. The molecule has 0 aromatic rings. The maximum Gasteiger partial charge on any atom is 0.191 e. The van der Waals surface area contributed by atoms with Crippen LogP contribution in [0.4, 0.5) is 0 Å². The molecule has 3 heteroatoms. The molecular formula is C19H36O2Si. The van der Waals surface area contributed by atoms with Crippen molar-refractivity contribution in [3.63, 3.8) is 0 Å². The summed E-state index contributed by atoms with van der Waals surface area (Å²) in [6.45, 7) is 12.6. The molecule has 0 N–H and O–H groups in total. The van der Waals surface area contributed by atoms with Crippen LogP contribution < -0.4 is 0 Å². The maximum absolute atomic E-state index is 12.3. The van der Waals surface area contributed by atoms with Crippen LogP contribution in [0.5, 0.6) is 0 Å². The molecule has 2 rings (SSSR count). The second-order valence-corrected chi connectivity index (χ2v) is 12.9. The summed E-state index contributed by atoms with van der Waals surface area (Å²) in [6, 6.07) is 3.70. The Morgan fingerprint density at radius 2 is 1.86 bits per heavy atom. The summed E-state index contributed by atoms with van der Waals surface area (Å²) < 4.78 is 6.56. The molecule has 128 valence electrons. The van der Waals surface area contributed by atoms with E-state index in [0.29, 0.717) is 23.5 Å². The van der Waals surface area contributed by atoms with E-state index in [-0.39, 0.29) is 5.41 Å². The largest absolute Gasteiger partial charge is 0.417 e. The van der Waals surface area contributed by atoms with Gasteiger partial charge in [-0.05, 0) is 61.1 Å². The van der Waals surface area contributed by atoms with Gasteiger partial charge in [0.1, 0.15) is 5.78 Å². The lowest BCUT2D eigenvalue weighted by Crippen LogP contribution is -2.42. The number of rotatable bonds is 7. The molecule has 0 radical (unpaired) electrons. The van der Waals surface area contributed by atoms with Crippen molar-refractivity contribution in [3.05, 3.63) is 0 Å². The molecule has 0 heterocycles. The van der Waals surface area contributed by atoms with Crippen LogP contribution in [0.15, 0.2) is 0 Å². The quantitative estimate of drug-likeness (QED) is 0.584. The Morgan fingerprint density at radius 1 is 1.23 bits per heavy atom. The van der Waals surface area contributed by atoms with E-state index in [2.05, 4.69) is 34.6 Å². The van der Waals surface area contributed by atoms with Crippen LogP contribution in [0, 0.1) is 23.2 Å². The van der Waals surface area contributed by atoms with E-state index in [0.717, 1.165) is 25.9 Å². The molecule has 2 aliphatic carbocycles. The van der Waals surface area contributed by atoms with E-state index in [9.17, 15) is 4.79 Å². The fraction of sp³-hybridized carbons (Fsp3) is 0.947. The summed E-state index contributed by atoms with van der Waals surface area (Å²) >= 11 is 0. The predicted molar refractivity (Wildman–Crippen MR) is 95.5 cm³/mol. The van der Waals surface area contributed by atoms with E-state index in [1.165, 1.54) is 31.0 Å². The van der Waals surface area contributed by atoms with Crippen LogP contribution in [0.3, 0.4) is 0 Å². The average molecular weight is 325 g/mol. The third-order valence-electron chi connectivity index (χ3n) is 7.21. The van der Waals surface area contributed by atoms with Crippen LogP contribution in [0.25, 0.3) is 0 Å². The van der Waals surface area contributed by atoms with Gasteiger partial charge in [0, 0.05) is 18.9 Å². The minimum Gasteiger partial charge on any atom is -0.417 e. The molecule has 0 amide bonds. The number of hydrogen-bond acceptors (Lipinski definition) is 2. The van der Waals surface area contributed by atoms with Gasteiger partial charge in [-0.3, -0.25) is 4.79 Å². The van der Waals surface area contributed by atoms with Gasteiger partial charge < -0.3 is 4.43 Å². The molecule has 0 aromatic carbocycles. The zero-order valence-corrected chi connectivity index (χ0v) is 16.4. The van der Waals surface area contributed by atoms with Gasteiger partial charge in [0.15, 0.2) is 8.32 Å². The van der Waals surface area contributed by atoms with Crippen molar-refractivity contribution in [1.82, 2.24) is 0 Å². The Balaban J connectivity index is 2.01. The Kier molecular flexibility index (Phi) is 5.93. The van der Waals surface area contributed by atoms with Crippen molar-refractivity contribution in [2.24, 2.45) is 23.2 Å². The molecule has 4 atom stereocenters. The number of Topliss-reactive ketones (excluding diaryl/α,β-unsaturated/α-hetero) is 1. The molecule has 0 bridgehead atoms. The second kappa shape index (κ2) is 7.17. The lowest BCUT2D eigenvalue weighted by Gasteiger charge is -2.43. The van der Waals surface area contributed by atoms with Crippen molar-refractivity contribution in [3.8, 4) is 0 Å². The Morgan fingerprint density at radius 3 is 2.45 bits per heavy atom. The normalized spacial score (nSPS) is 33.8. The molecule has 0 saturated heterocycles. The average Bonchev–Trinajstić information content (AvgIpc) is 2.87. The number of carbonyl (C=O) groups excluding carboxylic acids is 1. The first kappa shape index (κ1) is 18.2. The zero-order valence-electron chi connectivity index (χ0n) is 15.4. The van der Waals surface area contributed by atoms with E-state index in [4.69, 9.17) is 4.43 Å². The fourth-order valence-corrected chi connectivity index (χ4v) is 8.11. The van der Waals surface area contributed by atoms with Gasteiger partial charge >= 0.3 is 0 Å². The first-order valence-electron chi connectivity index (χ1n) is 9.59. The topological polar surface area (TPSA) is 26.3 Å². The van der Waals surface area contributed by atoms with E-state index >= 15 is 0 Å². The summed E-state index contributed by atoms with van der Waals surface area (Å²) in [5.41, 5.74) is 0.257. The molecular weight excluding hydrogens is 288 g/mol. The molecule has 2 aliphatic rings. The highest BCUT2D eigenvalue weighted by atomic mass is 28.4. The predicted octanol–water partition coefficient (Wildman–Crippen LogP) is 5.43. The number of fused-ring (bicyclic) bond motifs is 1. The van der Waals surface area contributed by atoms with Gasteiger partial charge in [0.05, 0.1) is 0 Å². The van der Waals surface area contributed by atoms with Gasteiger partial charge in [-0.2, -0.15) is 0 Å². The summed E-state index contributed by atoms with van der Waals surface area (Å²) in [6.07, 6.45) is 5.54. The Labute approximate surface area is 138 Å². The van der Waals surface area contributed by atoms with Crippen molar-refractivity contribution < 1.29 is 9.22 Å². The second-order valence-electron chi connectivity index (χ2n) is 8.09. The van der Waals surface area contributed by atoms with Gasteiger partial charge in [0.2, 0.25) is 0 Å². The zero-order chi connectivity index (χ0) is 16.4. The monoisotopic (exact) mass is 324 g/mol. The minimum absolute atomic E-state index is 0.257. The first-order valence-corrected chi connectivity index (χ1v) is 12.1. The SMILES string of the molecule is CC[Si](CC)(CC)OC[C@H](C)C1CCC2C(=O)CCCC21C. The van der Waals surface area contributed by atoms with Crippen LogP contribution in [0.1, 0.15) is 66.7 Å². The van der Waals surface area contributed by atoms with Crippen LogP contribution in [-0.2, 0) is 9.22 Å². The summed E-state index contributed by atoms with van der Waals surface area (Å²) in [5.74, 6) is 2.17. The standard InChI is InChI=1S/C19H36O2Si/c1-6-22(7-2,8-3)21-14-15(4)16-11-12-17-18(20)10-9-13-19(16,17)5/h15-17H,6-14H2,1-5H3/t15-,16?,17?,19?/m0/s1. The molecule has 0 aliphatic heterocycles. The summed E-state index contributed by atoms with van der Waals surface area (Å²) in [4.78, 5) is 12.3. The van der Waals surface area contributed by atoms with Crippen molar-refractivity contribution >= 4 is 14.1 Å². The summed E-state index contributed by atoms with van der Waals surface area (Å²) in [7, 11) is -1.48. The van der Waals surface area contributed by atoms with Crippen LogP contribution in [0.2, 0.25) is 18.1 Å². The Bertz CT molecular complexity index is 383. The highest BCUT2D eigenvalue weighted by Crippen LogP contribution is 2.56. The first-order chi connectivity index (χ1) is 10.4. The van der Waals surface area contributed by atoms with E-state index in [1.807, 2.05) is 0 Å². The van der Waals surface area contributed by atoms with Gasteiger partial charge in [-0.25, -0.2) is 0 Å².